The van der Waals surface area contributed by atoms with Crippen molar-refractivity contribution in [2.24, 2.45) is 0 Å². The number of piperazine rings is 1. The van der Waals surface area contributed by atoms with Crippen molar-refractivity contribution in [3.63, 3.8) is 0 Å². The number of hydrogen-bond acceptors (Lipinski definition) is 3. The van der Waals surface area contributed by atoms with E-state index in [2.05, 4.69) is 59.2 Å². The maximum atomic E-state index is 6.38. The molecule has 1 unspecified atom stereocenters. The number of hydrogen-bond donors (Lipinski definition) is 0. The van der Waals surface area contributed by atoms with Crippen LogP contribution in [0.15, 0.2) is 76.5 Å². The Labute approximate surface area is 197 Å². The van der Waals surface area contributed by atoms with Crippen molar-refractivity contribution in [2.45, 2.75) is 22.8 Å². The van der Waals surface area contributed by atoms with E-state index in [-0.39, 0.29) is 6.04 Å². The minimum absolute atomic E-state index is 0.270. The minimum Gasteiger partial charge on any atom is -0.369 e. The van der Waals surface area contributed by atoms with E-state index < -0.39 is 0 Å². The predicted molar refractivity (Wildman–Crippen MR) is 131 cm³/mol. The van der Waals surface area contributed by atoms with Crippen LogP contribution in [-0.4, -0.2) is 31.1 Å². The summed E-state index contributed by atoms with van der Waals surface area (Å²) in [7, 11) is 0. The van der Waals surface area contributed by atoms with E-state index in [1.165, 1.54) is 16.1 Å². The lowest BCUT2D eigenvalue weighted by Crippen LogP contribution is -2.47. The Morgan fingerprint density at radius 2 is 1.53 bits per heavy atom. The van der Waals surface area contributed by atoms with Gasteiger partial charge in [0.05, 0.1) is 10.0 Å². The van der Waals surface area contributed by atoms with Gasteiger partial charge in [0.1, 0.15) is 0 Å². The van der Waals surface area contributed by atoms with Gasteiger partial charge in [0.2, 0.25) is 0 Å². The molecular weight excluding hydrogens is 455 g/mol. The van der Waals surface area contributed by atoms with Crippen molar-refractivity contribution < 1.29 is 0 Å². The fraction of sp³-hybridized carbons (Fsp3) is 0.250. The Morgan fingerprint density at radius 1 is 0.800 bits per heavy atom. The van der Waals surface area contributed by atoms with Gasteiger partial charge in [-0.2, -0.15) is 0 Å². The van der Waals surface area contributed by atoms with Crippen molar-refractivity contribution in [3.8, 4) is 0 Å². The first-order valence-electron chi connectivity index (χ1n) is 9.97. The molecule has 0 radical (unpaired) electrons. The maximum Gasteiger partial charge on any atom is 0.0603 e. The first-order valence-corrected chi connectivity index (χ1v) is 11.9. The SMILES string of the molecule is CC(c1cc(Cl)ccc1Sc1ccc(Cl)c(Cl)c1)N1CCN(c2ccccc2)CC1. The van der Waals surface area contributed by atoms with Gasteiger partial charge in [-0.1, -0.05) is 64.8 Å². The van der Waals surface area contributed by atoms with E-state index in [9.17, 15) is 0 Å². The molecule has 1 atom stereocenters. The smallest absolute Gasteiger partial charge is 0.0603 e. The van der Waals surface area contributed by atoms with Crippen molar-refractivity contribution in [3.05, 3.63) is 87.4 Å². The van der Waals surface area contributed by atoms with Crippen LogP contribution in [0.25, 0.3) is 0 Å². The summed E-state index contributed by atoms with van der Waals surface area (Å²) >= 11 is 20.4. The zero-order valence-corrected chi connectivity index (χ0v) is 19.8. The second-order valence-corrected chi connectivity index (χ2v) is 9.76. The van der Waals surface area contributed by atoms with Gasteiger partial charge in [-0.05, 0) is 61.0 Å². The molecule has 4 rings (SSSR count). The van der Waals surface area contributed by atoms with Gasteiger partial charge < -0.3 is 4.90 Å². The quantitative estimate of drug-likeness (QED) is 0.372. The Kier molecular flexibility index (Phi) is 7.17. The molecule has 1 heterocycles. The van der Waals surface area contributed by atoms with Crippen LogP contribution in [0.3, 0.4) is 0 Å². The monoisotopic (exact) mass is 476 g/mol. The summed E-state index contributed by atoms with van der Waals surface area (Å²) in [4.78, 5) is 7.24. The Morgan fingerprint density at radius 3 is 2.23 bits per heavy atom. The molecule has 30 heavy (non-hydrogen) atoms. The van der Waals surface area contributed by atoms with Crippen LogP contribution >= 0.6 is 46.6 Å². The van der Waals surface area contributed by atoms with Crippen molar-refractivity contribution >= 4 is 52.3 Å². The summed E-state index contributed by atoms with van der Waals surface area (Å²) in [5.74, 6) is 0. The molecule has 3 aromatic rings. The lowest BCUT2D eigenvalue weighted by atomic mass is 10.1. The molecule has 0 spiro atoms. The summed E-state index contributed by atoms with van der Waals surface area (Å²) in [5, 5.41) is 1.91. The summed E-state index contributed by atoms with van der Waals surface area (Å²) in [6.45, 7) is 6.33. The molecule has 6 heteroatoms. The molecule has 0 N–H and O–H groups in total. The molecule has 1 fully saturated rings. The molecule has 1 saturated heterocycles. The number of anilines is 1. The van der Waals surface area contributed by atoms with E-state index in [0.717, 1.165) is 36.1 Å². The zero-order valence-electron chi connectivity index (χ0n) is 16.7. The average molecular weight is 478 g/mol. The molecule has 1 aliphatic rings. The third-order valence-electron chi connectivity index (χ3n) is 5.52. The largest absolute Gasteiger partial charge is 0.369 e. The summed E-state index contributed by atoms with van der Waals surface area (Å²) < 4.78 is 0. The Hall–Kier alpha value is -1.36. The highest BCUT2D eigenvalue weighted by atomic mass is 35.5. The topological polar surface area (TPSA) is 6.48 Å². The highest BCUT2D eigenvalue weighted by Gasteiger charge is 2.24. The Bertz CT molecular complexity index is 1000. The molecular formula is C24H23Cl3N2S. The molecule has 3 aromatic carbocycles. The van der Waals surface area contributed by atoms with Gasteiger partial charge in [-0.3, -0.25) is 4.90 Å². The fourth-order valence-corrected chi connectivity index (χ4v) is 5.40. The highest BCUT2D eigenvalue weighted by Crippen LogP contribution is 2.39. The van der Waals surface area contributed by atoms with Gasteiger partial charge in [0, 0.05) is 52.7 Å². The molecule has 156 valence electrons. The van der Waals surface area contributed by atoms with E-state index in [1.807, 2.05) is 24.3 Å². The lowest BCUT2D eigenvalue weighted by Gasteiger charge is -2.39. The molecule has 2 nitrogen and oxygen atoms in total. The molecule has 0 amide bonds. The van der Waals surface area contributed by atoms with Gasteiger partial charge in [-0.25, -0.2) is 0 Å². The number of nitrogens with zero attached hydrogens (tertiary/aromatic N) is 2. The van der Waals surface area contributed by atoms with Crippen LogP contribution < -0.4 is 4.90 Å². The molecule has 0 aromatic heterocycles. The second kappa shape index (κ2) is 9.84. The lowest BCUT2D eigenvalue weighted by molar-refractivity contribution is 0.196. The van der Waals surface area contributed by atoms with Crippen molar-refractivity contribution in [2.75, 3.05) is 31.1 Å². The van der Waals surface area contributed by atoms with E-state index in [4.69, 9.17) is 34.8 Å². The summed E-state index contributed by atoms with van der Waals surface area (Å²) in [6, 6.07) is 22.8. The van der Waals surface area contributed by atoms with Crippen LogP contribution in [0.4, 0.5) is 5.69 Å². The first-order chi connectivity index (χ1) is 14.5. The third kappa shape index (κ3) is 5.09. The zero-order chi connectivity index (χ0) is 21.1. The normalized spacial score (nSPS) is 15.9. The van der Waals surface area contributed by atoms with Crippen LogP contribution in [0, 0.1) is 0 Å². The third-order valence-corrected chi connectivity index (χ3v) is 7.58. The molecule has 1 aliphatic heterocycles. The predicted octanol–water partition coefficient (Wildman–Crippen LogP) is 7.68. The standard InChI is InChI=1S/C24H23Cl3N2S/c1-17(28-11-13-29(14-12-28)19-5-3-2-4-6-19)21-15-18(25)7-10-24(21)30-20-8-9-22(26)23(27)16-20/h2-10,15-17H,11-14H2,1H3. The molecule has 0 aliphatic carbocycles. The van der Waals surface area contributed by atoms with Gasteiger partial charge in [0.25, 0.3) is 0 Å². The number of halogens is 3. The first kappa shape index (κ1) is 21.9. The van der Waals surface area contributed by atoms with Crippen LogP contribution in [0.2, 0.25) is 15.1 Å². The minimum atomic E-state index is 0.270. The van der Waals surface area contributed by atoms with E-state index in [1.54, 1.807) is 11.8 Å². The fourth-order valence-electron chi connectivity index (χ4n) is 3.81. The van der Waals surface area contributed by atoms with Gasteiger partial charge in [-0.15, -0.1) is 0 Å². The Balaban J connectivity index is 1.50. The average Bonchev–Trinajstić information content (AvgIpc) is 2.78. The van der Waals surface area contributed by atoms with Crippen molar-refractivity contribution in [1.82, 2.24) is 4.90 Å². The van der Waals surface area contributed by atoms with Gasteiger partial charge >= 0.3 is 0 Å². The second-order valence-electron chi connectivity index (χ2n) is 7.39. The number of rotatable bonds is 5. The van der Waals surface area contributed by atoms with Crippen LogP contribution in [0.5, 0.6) is 0 Å². The summed E-state index contributed by atoms with van der Waals surface area (Å²) in [6.07, 6.45) is 0. The van der Waals surface area contributed by atoms with E-state index in [0.29, 0.717) is 10.0 Å². The molecule has 0 saturated carbocycles. The number of para-hydroxylation sites is 1. The van der Waals surface area contributed by atoms with Crippen LogP contribution in [-0.2, 0) is 0 Å². The highest BCUT2D eigenvalue weighted by molar-refractivity contribution is 7.99. The maximum absolute atomic E-state index is 6.38. The van der Waals surface area contributed by atoms with Crippen LogP contribution in [0.1, 0.15) is 18.5 Å². The van der Waals surface area contributed by atoms with E-state index >= 15 is 0 Å². The molecule has 0 bridgehead atoms. The summed E-state index contributed by atoms with van der Waals surface area (Å²) in [5.41, 5.74) is 2.54. The van der Waals surface area contributed by atoms with Crippen molar-refractivity contribution in [1.29, 1.82) is 0 Å². The van der Waals surface area contributed by atoms with Gasteiger partial charge in [0.15, 0.2) is 0 Å². The number of benzene rings is 3.